The topological polar surface area (TPSA) is 46.2 Å². The molecule has 1 N–H and O–H groups in total. The summed E-state index contributed by atoms with van der Waals surface area (Å²) in [6, 6.07) is 9.57. The maximum atomic E-state index is 13.8. The van der Waals surface area contributed by atoms with Crippen molar-refractivity contribution < 1.29 is 12.8 Å². The molecule has 0 saturated heterocycles. The summed E-state index contributed by atoms with van der Waals surface area (Å²) in [6.45, 7) is 0.324. The molecule has 23 heavy (non-hydrogen) atoms. The van der Waals surface area contributed by atoms with Crippen LogP contribution < -0.4 is 4.72 Å². The minimum absolute atomic E-state index is 0.162. The van der Waals surface area contributed by atoms with E-state index in [-0.39, 0.29) is 10.3 Å². The van der Waals surface area contributed by atoms with Crippen LogP contribution in [0.4, 0.5) is 4.39 Å². The summed E-state index contributed by atoms with van der Waals surface area (Å²) in [4.78, 5) is 0.936. The molecule has 6 heteroatoms. The van der Waals surface area contributed by atoms with Gasteiger partial charge in [-0.3, -0.25) is 0 Å². The van der Waals surface area contributed by atoms with Gasteiger partial charge in [0.25, 0.3) is 0 Å². The predicted octanol–water partition coefficient (Wildman–Crippen LogP) is 4.07. The first-order valence-electron chi connectivity index (χ1n) is 7.82. The Morgan fingerprint density at radius 3 is 2.48 bits per heavy atom. The van der Waals surface area contributed by atoms with E-state index in [4.69, 9.17) is 0 Å². The fourth-order valence-corrected chi connectivity index (χ4v) is 5.48. The van der Waals surface area contributed by atoms with Gasteiger partial charge in [0.2, 0.25) is 10.0 Å². The van der Waals surface area contributed by atoms with E-state index in [2.05, 4.69) is 10.8 Å². The number of rotatable bonds is 5. The zero-order valence-electron chi connectivity index (χ0n) is 12.8. The summed E-state index contributed by atoms with van der Waals surface area (Å²) < 4.78 is 41.4. The number of halogens is 1. The van der Waals surface area contributed by atoms with E-state index < -0.39 is 15.8 Å². The Morgan fingerprint density at radius 2 is 1.83 bits per heavy atom. The maximum Gasteiger partial charge on any atom is 0.243 e. The van der Waals surface area contributed by atoms with Crippen molar-refractivity contribution in [3.63, 3.8) is 0 Å². The van der Waals surface area contributed by atoms with Gasteiger partial charge in [0.1, 0.15) is 10.7 Å². The second-order valence-electron chi connectivity index (χ2n) is 6.07. The molecular formula is C17H20FNO2S2. The van der Waals surface area contributed by atoms with Gasteiger partial charge >= 0.3 is 0 Å². The molecule has 1 fully saturated rings. The zero-order valence-corrected chi connectivity index (χ0v) is 14.4. The minimum Gasteiger partial charge on any atom is -0.210 e. The van der Waals surface area contributed by atoms with Gasteiger partial charge in [-0.1, -0.05) is 37.5 Å². The molecule has 0 atom stereocenters. The maximum absolute atomic E-state index is 13.8. The summed E-state index contributed by atoms with van der Waals surface area (Å²) in [6.07, 6.45) is 5.31. The second kappa shape index (κ2) is 6.71. The monoisotopic (exact) mass is 353 g/mol. The lowest BCUT2D eigenvalue weighted by molar-refractivity contribution is 0.298. The first-order valence-corrected chi connectivity index (χ1v) is 10.2. The second-order valence-corrected chi connectivity index (χ2v) is 8.76. The molecule has 1 aliphatic carbocycles. The summed E-state index contributed by atoms with van der Waals surface area (Å²) in [5, 5.41) is 2.02. The van der Waals surface area contributed by atoms with Gasteiger partial charge in [0, 0.05) is 16.8 Å². The molecule has 0 unspecified atom stereocenters. The van der Waals surface area contributed by atoms with Gasteiger partial charge in [0.15, 0.2) is 0 Å². The van der Waals surface area contributed by atoms with E-state index in [0.717, 1.165) is 25.7 Å². The standard InChI is InChI=1S/C17H20FNO2S2/c18-14-7-2-3-8-15(14)23(20,21)19-13-17(10-4-1-5-11-17)16-9-6-12-22-16/h2-3,6-9,12,19H,1,4-5,10-11,13H2. The Labute approximate surface area is 140 Å². The van der Waals surface area contributed by atoms with Crippen molar-refractivity contribution >= 4 is 21.4 Å². The normalized spacial score (nSPS) is 18.0. The number of hydrogen-bond acceptors (Lipinski definition) is 3. The van der Waals surface area contributed by atoms with Crippen LogP contribution in [-0.4, -0.2) is 15.0 Å². The van der Waals surface area contributed by atoms with Crippen LogP contribution >= 0.6 is 11.3 Å². The van der Waals surface area contributed by atoms with Crippen LogP contribution in [0.25, 0.3) is 0 Å². The lowest BCUT2D eigenvalue weighted by atomic mass is 9.73. The van der Waals surface area contributed by atoms with E-state index in [0.29, 0.717) is 6.54 Å². The third kappa shape index (κ3) is 3.49. The highest BCUT2D eigenvalue weighted by Gasteiger charge is 2.36. The van der Waals surface area contributed by atoms with Crippen molar-refractivity contribution in [2.45, 2.75) is 42.4 Å². The van der Waals surface area contributed by atoms with Crippen LogP contribution in [-0.2, 0) is 15.4 Å². The predicted molar refractivity (Wildman–Crippen MR) is 90.7 cm³/mol. The van der Waals surface area contributed by atoms with Crippen molar-refractivity contribution in [3.8, 4) is 0 Å². The molecule has 1 aliphatic rings. The molecule has 0 aliphatic heterocycles. The van der Waals surface area contributed by atoms with Crippen LogP contribution in [0.2, 0.25) is 0 Å². The number of thiophene rings is 1. The Balaban J connectivity index is 1.83. The average molecular weight is 353 g/mol. The van der Waals surface area contributed by atoms with E-state index in [9.17, 15) is 12.8 Å². The highest BCUT2D eigenvalue weighted by Crippen LogP contribution is 2.41. The van der Waals surface area contributed by atoms with Crippen LogP contribution in [0, 0.1) is 5.82 Å². The summed E-state index contributed by atoms with van der Waals surface area (Å²) in [7, 11) is -3.84. The third-order valence-electron chi connectivity index (χ3n) is 4.58. The summed E-state index contributed by atoms with van der Waals surface area (Å²) in [5.74, 6) is -0.714. The van der Waals surface area contributed by atoms with E-state index >= 15 is 0 Å². The molecule has 1 heterocycles. The molecular weight excluding hydrogens is 333 g/mol. The Kier molecular flexibility index (Phi) is 4.85. The smallest absolute Gasteiger partial charge is 0.210 e. The van der Waals surface area contributed by atoms with Crippen molar-refractivity contribution in [1.29, 1.82) is 0 Å². The number of sulfonamides is 1. The van der Waals surface area contributed by atoms with Gasteiger partial charge in [0.05, 0.1) is 0 Å². The van der Waals surface area contributed by atoms with Gasteiger partial charge in [-0.25, -0.2) is 17.5 Å². The van der Waals surface area contributed by atoms with Crippen LogP contribution in [0.5, 0.6) is 0 Å². The molecule has 0 spiro atoms. The number of nitrogens with one attached hydrogen (secondary N) is 1. The summed E-state index contributed by atoms with van der Waals surface area (Å²) >= 11 is 1.67. The summed E-state index contributed by atoms with van der Waals surface area (Å²) in [5.41, 5.74) is -0.162. The van der Waals surface area contributed by atoms with Gasteiger partial charge in [-0.15, -0.1) is 11.3 Å². The fraction of sp³-hybridized carbons (Fsp3) is 0.412. The Hall–Kier alpha value is -1.24. The molecule has 1 aromatic heterocycles. The molecule has 0 bridgehead atoms. The lowest BCUT2D eigenvalue weighted by Crippen LogP contribution is -2.41. The zero-order chi connectivity index (χ0) is 16.3. The molecule has 124 valence electrons. The average Bonchev–Trinajstić information content (AvgIpc) is 3.09. The molecule has 3 nitrogen and oxygen atoms in total. The molecule has 1 saturated carbocycles. The van der Waals surface area contributed by atoms with E-state index in [1.54, 1.807) is 11.3 Å². The molecule has 3 rings (SSSR count). The minimum atomic E-state index is -3.84. The van der Waals surface area contributed by atoms with Gasteiger partial charge in [-0.05, 0) is 36.4 Å². The largest absolute Gasteiger partial charge is 0.243 e. The fourth-order valence-electron chi connectivity index (χ4n) is 3.29. The van der Waals surface area contributed by atoms with Crippen molar-refractivity contribution in [1.82, 2.24) is 4.72 Å². The highest BCUT2D eigenvalue weighted by molar-refractivity contribution is 7.89. The Bertz CT molecular complexity index is 751. The van der Waals surface area contributed by atoms with Crippen molar-refractivity contribution in [2.75, 3.05) is 6.54 Å². The van der Waals surface area contributed by atoms with Crippen molar-refractivity contribution in [2.24, 2.45) is 0 Å². The SMILES string of the molecule is O=S(=O)(NCC1(c2cccs2)CCCCC1)c1ccccc1F. The van der Waals surface area contributed by atoms with Crippen LogP contribution in [0.1, 0.15) is 37.0 Å². The van der Waals surface area contributed by atoms with Gasteiger partial charge in [-0.2, -0.15) is 0 Å². The lowest BCUT2D eigenvalue weighted by Gasteiger charge is -2.36. The Morgan fingerprint density at radius 1 is 1.09 bits per heavy atom. The number of hydrogen-bond donors (Lipinski definition) is 1. The molecule has 0 amide bonds. The molecule has 0 radical (unpaired) electrons. The van der Waals surface area contributed by atoms with E-state index in [1.807, 2.05) is 11.4 Å². The quantitative estimate of drug-likeness (QED) is 0.881. The van der Waals surface area contributed by atoms with E-state index in [1.165, 1.54) is 35.6 Å². The van der Waals surface area contributed by atoms with Crippen molar-refractivity contribution in [3.05, 3.63) is 52.5 Å². The van der Waals surface area contributed by atoms with Crippen LogP contribution in [0.3, 0.4) is 0 Å². The highest BCUT2D eigenvalue weighted by atomic mass is 32.2. The van der Waals surface area contributed by atoms with Gasteiger partial charge < -0.3 is 0 Å². The molecule has 1 aromatic carbocycles. The first kappa shape index (κ1) is 16.6. The van der Waals surface area contributed by atoms with Crippen LogP contribution in [0.15, 0.2) is 46.7 Å². The number of benzene rings is 1. The molecule has 2 aromatic rings. The third-order valence-corrected chi connectivity index (χ3v) is 7.13. The first-order chi connectivity index (χ1) is 11.0.